The standard InChI is InChI=1S/C20H31NO3/c1-5-19(22)21(15-17-6-8-18(23-4)9-7-17)12-10-16-11-13-24-20(2,3)14-16/h6-9,16H,5,10-15H2,1-4H3/t16-/m1/s1. The molecule has 0 spiro atoms. The molecule has 0 unspecified atom stereocenters. The second-order valence-electron chi connectivity index (χ2n) is 7.27. The van der Waals surface area contributed by atoms with Gasteiger partial charge in [0.25, 0.3) is 0 Å². The molecule has 24 heavy (non-hydrogen) atoms. The summed E-state index contributed by atoms with van der Waals surface area (Å²) in [6, 6.07) is 7.97. The molecule has 0 bridgehead atoms. The second kappa shape index (κ2) is 8.52. The Kier molecular flexibility index (Phi) is 6.67. The van der Waals surface area contributed by atoms with Crippen LogP contribution in [0.2, 0.25) is 0 Å². The van der Waals surface area contributed by atoms with Crippen LogP contribution in [0.5, 0.6) is 5.75 Å². The molecule has 1 heterocycles. The Balaban J connectivity index is 1.93. The first-order valence-electron chi connectivity index (χ1n) is 8.98. The number of amides is 1. The Bertz CT molecular complexity index is 524. The van der Waals surface area contributed by atoms with Crippen molar-refractivity contribution in [2.24, 2.45) is 5.92 Å². The number of ether oxygens (including phenoxy) is 2. The lowest BCUT2D eigenvalue weighted by atomic mass is 9.86. The fourth-order valence-corrected chi connectivity index (χ4v) is 3.41. The highest BCUT2D eigenvalue weighted by Gasteiger charge is 2.29. The van der Waals surface area contributed by atoms with E-state index in [1.165, 1.54) is 0 Å². The Labute approximate surface area is 146 Å². The van der Waals surface area contributed by atoms with Gasteiger partial charge < -0.3 is 14.4 Å². The van der Waals surface area contributed by atoms with Crippen molar-refractivity contribution in [3.8, 4) is 5.75 Å². The van der Waals surface area contributed by atoms with Gasteiger partial charge in [-0.1, -0.05) is 19.1 Å². The number of benzene rings is 1. The highest BCUT2D eigenvalue weighted by Crippen LogP contribution is 2.30. The van der Waals surface area contributed by atoms with Crippen LogP contribution in [0.4, 0.5) is 0 Å². The molecule has 0 aliphatic carbocycles. The van der Waals surface area contributed by atoms with Crippen LogP contribution in [0.15, 0.2) is 24.3 Å². The van der Waals surface area contributed by atoms with E-state index in [0.717, 1.165) is 43.7 Å². The van der Waals surface area contributed by atoms with Crippen LogP contribution >= 0.6 is 0 Å². The number of methoxy groups -OCH3 is 1. The van der Waals surface area contributed by atoms with Crippen LogP contribution < -0.4 is 4.74 Å². The van der Waals surface area contributed by atoms with E-state index in [1.807, 2.05) is 36.1 Å². The zero-order valence-corrected chi connectivity index (χ0v) is 15.5. The van der Waals surface area contributed by atoms with Crippen molar-refractivity contribution < 1.29 is 14.3 Å². The zero-order chi connectivity index (χ0) is 17.6. The van der Waals surface area contributed by atoms with Crippen molar-refractivity contribution in [1.29, 1.82) is 0 Å². The quantitative estimate of drug-likeness (QED) is 0.756. The predicted octanol–water partition coefficient (Wildman–Crippen LogP) is 4.03. The average Bonchev–Trinajstić information content (AvgIpc) is 2.57. The maximum Gasteiger partial charge on any atom is 0.222 e. The van der Waals surface area contributed by atoms with Gasteiger partial charge in [-0.2, -0.15) is 0 Å². The third-order valence-corrected chi connectivity index (χ3v) is 4.79. The summed E-state index contributed by atoms with van der Waals surface area (Å²) in [5.74, 6) is 1.70. The van der Waals surface area contributed by atoms with Gasteiger partial charge in [0.2, 0.25) is 5.91 Å². The number of rotatable bonds is 7. The first-order valence-corrected chi connectivity index (χ1v) is 8.98. The molecule has 4 nitrogen and oxygen atoms in total. The van der Waals surface area contributed by atoms with Crippen molar-refractivity contribution in [3.63, 3.8) is 0 Å². The van der Waals surface area contributed by atoms with E-state index in [2.05, 4.69) is 13.8 Å². The molecule has 2 rings (SSSR count). The molecule has 0 aromatic heterocycles. The molecule has 4 heteroatoms. The molecule has 1 saturated heterocycles. The van der Waals surface area contributed by atoms with Crippen molar-refractivity contribution in [1.82, 2.24) is 4.90 Å². The van der Waals surface area contributed by atoms with Crippen LogP contribution in [0, 0.1) is 5.92 Å². The molecular weight excluding hydrogens is 302 g/mol. The van der Waals surface area contributed by atoms with Gasteiger partial charge in [-0.15, -0.1) is 0 Å². The van der Waals surface area contributed by atoms with Crippen molar-refractivity contribution in [2.75, 3.05) is 20.3 Å². The predicted molar refractivity (Wildman–Crippen MR) is 96.1 cm³/mol. The molecule has 134 valence electrons. The minimum atomic E-state index is -0.0293. The molecule has 1 fully saturated rings. The van der Waals surface area contributed by atoms with E-state index in [-0.39, 0.29) is 11.5 Å². The van der Waals surface area contributed by atoms with Crippen LogP contribution in [0.25, 0.3) is 0 Å². The van der Waals surface area contributed by atoms with Crippen LogP contribution in [-0.4, -0.2) is 36.7 Å². The largest absolute Gasteiger partial charge is 0.497 e. The lowest BCUT2D eigenvalue weighted by Crippen LogP contribution is -2.37. The number of carbonyl (C=O) groups is 1. The minimum Gasteiger partial charge on any atom is -0.497 e. The van der Waals surface area contributed by atoms with Gasteiger partial charge in [-0.3, -0.25) is 4.79 Å². The third kappa shape index (κ3) is 5.52. The Morgan fingerprint density at radius 2 is 2.04 bits per heavy atom. The van der Waals surface area contributed by atoms with Gasteiger partial charge in [0.05, 0.1) is 12.7 Å². The maximum absolute atomic E-state index is 12.3. The summed E-state index contributed by atoms with van der Waals surface area (Å²) in [6.45, 7) is 8.57. The van der Waals surface area contributed by atoms with Crippen molar-refractivity contribution >= 4 is 5.91 Å². The van der Waals surface area contributed by atoms with Gasteiger partial charge in [-0.05, 0) is 56.7 Å². The van der Waals surface area contributed by atoms with Gasteiger partial charge in [0, 0.05) is 26.1 Å². The van der Waals surface area contributed by atoms with E-state index in [9.17, 15) is 4.79 Å². The molecule has 0 N–H and O–H groups in total. The van der Waals surface area contributed by atoms with E-state index < -0.39 is 0 Å². The molecule has 1 aromatic rings. The topological polar surface area (TPSA) is 38.8 Å². The lowest BCUT2D eigenvalue weighted by Gasteiger charge is -2.36. The van der Waals surface area contributed by atoms with Crippen molar-refractivity contribution in [3.05, 3.63) is 29.8 Å². The van der Waals surface area contributed by atoms with E-state index in [0.29, 0.717) is 18.9 Å². The second-order valence-corrected chi connectivity index (χ2v) is 7.27. The third-order valence-electron chi connectivity index (χ3n) is 4.79. The summed E-state index contributed by atoms with van der Waals surface area (Å²) in [5, 5.41) is 0. The number of hydrogen-bond donors (Lipinski definition) is 0. The van der Waals surface area contributed by atoms with Crippen molar-refractivity contribution in [2.45, 2.75) is 58.6 Å². The Morgan fingerprint density at radius 1 is 1.33 bits per heavy atom. The molecule has 1 aliphatic rings. The molecular formula is C20H31NO3. The summed E-state index contributed by atoms with van der Waals surface area (Å²) < 4.78 is 11.0. The zero-order valence-electron chi connectivity index (χ0n) is 15.5. The fraction of sp³-hybridized carbons (Fsp3) is 0.650. The summed E-state index contributed by atoms with van der Waals surface area (Å²) in [5.41, 5.74) is 1.11. The van der Waals surface area contributed by atoms with Gasteiger partial charge >= 0.3 is 0 Å². The molecule has 1 atom stereocenters. The first kappa shape index (κ1) is 18.8. The van der Waals surface area contributed by atoms with Crippen LogP contribution in [0.1, 0.15) is 52.0 Å². The number of carbonyl (C=O) groups excluding carboxylic acids is 1. The molecule has 1 aromatic carbocycles. The van der Waals surface area contributed by atoms with E-state index in [4.69, 9.17) is 9.47 Å². The molecule has 0 radical (unpaired) electrons. The Morgan fingerprint density at radius 3 is 2.62 bits per heavy atom. The highest BCUT2D eigenvalue weighted by atomic mass is 16.5. The smallest absolute Gasteiger partial charge is 0.222 e. The number of hydrogen-bond acceptors (Lipinski definition) is 3. The SMILES string of the molecule is CCC(=O)N(CC[C@@H]1CCOC(C)(C)C1)Cc1ccc(OC)cc1. The molecule has 0 saturated carbocycles. The Hall–Kier alpha value is -1.55. The van der Waals surface area contributed by atoms with Gasteiger partial charge in [0.1, 0.15) is 5.75 Å². The van der Waals surface area contributed by atoms with Gasteiger partial charge in [-0.25, -0.2) is 0 Å². The highest BCUT2D eigenvalue weighted by molar-refractivity contribution is 5.75. The van der Waals surface area contributed by atoms with E-state index in [1.54, 1.807) is 7.11 Å². The fourth-order valence-electron chi connectivity index (χ4n) is 3.41. The summed E-state index contributed by atoms with van der Waals surface area (Å²) in [4.78, 5) is 14.3. The number of nitrogens with zero attached hydrogens (tertiary/aromatic N) is 1. The van der Waals surface area contributed by atoms with E-state index >= 15 is 0 Å². The molecule has 1 aliphatic heterocycles. The first-order chi connectivity index (χ1) is 11.4. The lowest BCUT2D eigenvalue weighted by molar-refractivity contribution is -0.132. The minimum absolute atomic E-state index is 0.0293. The summed E-state index contributed by atoms with van der Waals surface area (Å²) in [6.07, 6.45) is 3.77. The summed E-state index contributed by atoms with van der Waals surface area (Å²) in [7, 11) is 1.66. The maximum atomic E-state index is 12.3. The van der Waals surface area contributed by atoms with Crippen LogP contribution in [-0.2, 0) is 16.1 Å². The molecule has 1 amide bonds. The summed E-state index contributed by atoms with van der Waals surface area (Å²) >= 11 is 0. The monoisotopic (exact) mass is 333 g/mol. The van der Waals surface area contributed by atoms with Gasteiger partial charge in [0.15, 0.2) is 0 Å². The average molecular weight is 333 g/mol. The normalized spacial score (nSPS) is 19.8. The van der Waals surface area contributed by atoms with Crippen LogP contribution in [0.3, 0.4) is 0 Å².